The Morgan fingerprint density at radius 1 is 0.700 bits per heavy atom. The smallest absolute Gasteiger partial charge is 0.323 e. The van der Waals surface area contributed by atoms with Crippen molar-refractivity contribution in [2.75, 3.05) is 13.7 Å². The molecule has 1 atom stereocenters. The summed E-state index contributed by atoms with van der Waals surface area (Å²) in [6, 6.07) is 54.9. The van der Waals surface area contributed by atoms with E-state index in [0.29, 0.717) is 13.0 Å². The summed E-state index contributed by atoms with van der Waals surface area (Å²) >= 11 is 0. The molecule has 5 heteroatoms. The van der Waals surface area contributed by atoms with Crippen molar-refractivity contribution in [3.05, 3.63) is 203 Å². The molecule has 248 valence electrons. The molecule has 0 radical (unpaired) electrons. The van der Waals surface area contributed by atoms with Crippen molar-refractivity contribution in [1.82, 2.24) is 5.32 Å². The van der Waals surface area contributed by atoms with Crippen molar-refractivity contribution in [2.45, 2.75) is 30.8 Å². The third kappa shape index (κ3) is 6.73. The molecule has 0 unspecified atom stereocenters. The highest BCUT2D eigenvalue weighted by atomic mass is 16.5. The molecule has 1 heterocycles. The van der Waals surface area contributed by atoms with E-state index >= 15 is 0 Å². The molecule has 50 heavy (non-hydrogen) atoms. The molecular formula is C45H40N2O3. The van der Waals surface area contributed by atoms with E-state index in [1.54, 1.807) is 0 Å². The summed E-state index contributed by atoms with van der Waals surface area (Å²) in [7, 11) is 1.46. The number of hydrogen-bond acceptors (Lipinski definition) is 5. The van der Waals surface area contributed by atoms with Crippen molar-refractivity contribution < 1.29 is 14.3 Å². The van der Waals surface area contributed by atoms with E-state index < -0.39 is 11.6 Å². The van der Waals surface area contributed by atoms with Crippen LogP contribution in [0.15, 0.2) is 169 Å². The molecule has 0 fully saturated rings. The highest BCUT2D eigenvalue weighted by Crippen LogP contribution is 2.41. The minimum Gasteiger partial charge on any atom is -0.491 e. The Morgan fingerprint density at radius 2 is 1.18 bits per heavy atom. The normalized spacial score (nSPS) is 13.0. The molecule has 0 aromatic heterocycles. The Balaban J connectivity index is 1.33. The van der Waals surface area contributed by atoms with Gasteiger partial charge in [-0.3, -0.25) is 10.1 Å². The first-order chi connectivity index (χ1) is 24.7. The maximum Gasteiger partial charge on any atom is 0.323 e. The van der Waals surface area contributed by atoms with Gasteiger partial charge in [0.2, 0.25) is 0 Å². The monoisotopic (exact) mass is 656 g/mol. The number of fused-ring (bicyclic) bond motifs is 1. The third-order valence-corrected chi connectivity index (χ3v) is 9.40. The summed E-state index contributed by atoms with van der Waals surface area (Å²) in [5, 5.41) is 3.87. The molecule has 6 aromatic rings. The molecule has 6 aromatic carbocycles. The fourth-order valence-corrected chi connectivity index (χ4v) is 7.03. The van der Waals surface area contributed by atoms with Crippen LogP contribution < -0.4 is 10.1 Å². The van der Waals surface area contributed by atoms with Gasteiger partial charge in [-0.1, -0.05) is 158 Å². The standard InChI is InChI=1S/C45H40N2O3/c1-49-44(48)41(47-45(36-22-11-4-12-23-36,37-24-13-5-14-25-37)38-26-15-6-16-27-38)32-35-29-30-40(43-39(35)28-17-31-50-43)46-42(33-18-7-2-8-19-33)34-20-9-3-10-21-34/h2-16,18-27,29-30,41,47H,17,28,31-32H2,1H3/t41-/m0/s1. The molecule has 0 bridgehead atoms. The number of methoxy groups -OCH3 is 1. The number of aliphatic imine (C=N–C) groups is 1. The quantitative estimate of drug-likeness (QED) is 0.0860. The summed E-state index contributed by atoms with van der Waals surface area (Å²) in [6.07, 6.45) is 2.12. The fraction of sp³-hybridized carbons (Fsp3) is 0.156. The maximum atomic E-state index is 13.8. The molecule has 1 N–H and O–H groups in total. The number of carbonyl (C=O) groups excluding carboxylic acids is 1. The predicted octanol–water partition coefficient (Wildman–Crippen LogP) is 8.85. The number of ether oxygens (including phenoxy) is 2. The first-order valence-electron chi connectivity index (χ1n) is 17.2. The summed E-state index contributed by atoms with van der Waals surface area (Å²) < 4.78 is 11.9. The Morgan fingerprint density at radius 3 is 1.66 bits per heavy atom. The van der Waals surface area contributed by atoms with Crippen LogP contribution in [0, 0.1) is 0 Å². The van der Waals surface area contributed by atoms with Crippen molar-refractivity contribution >= 4 is 17.4 Å². The second-order valence-electron chi connectivity index (χ2n) is 12.5. The van der Waals surface area contributed by atoms with Crippen LogP contribution in [0.2, 0.25) is 0 Å². The Hall–Kier alpha value is -5.78. The molecule has 0 spiro atoms. The van der Waals surface area contributed by atoms with Gasteiger partial charge < -0.3 is 9.47 Å². The summed E-state index contributed by atoms with van der Waals surface area (Å²) in [6.45, 7) is 0.614. The van der Waals surface area contributed by atoms with Gasteiger partial charge in [-0.2, -0.15) is 0 Å². The lowest BCUT2D eigenvalue weighted by Gasteiger charge is -2.39. The highest BCUT2D eigenvalue weighted by molar-refractivity contribution is 6.14. The van der Waals surface area contributed by atoms with Gasteiger partial charge in [-0.25, -0.2) is 4.99 Å². The van der Waals surface area contributed by atoms with Crippen LogP contribution in [0.25, 0.3) is 0 Å². The average Bonchev–Trinajstić information content (AvgIpc) is 3.20. The fourth-order valence-electron chi connectivity index (χ4n) is 7.03. The molecule has 0 saturated heterocycles. The predicted molar refractivity (Wildman–Crippen MR) is 200 cm³/mol. The highest BCUT2D eigenvalue weighted by Gasteiger charge is 2.40. The lowest BCUT2D eigenvalue weighted by molar-refractivity contribution is -0.143. The molecule has 5 nitrogen and oxygen atoms in total. The number of nitrogens with zero attached hydrogens (tertiary/aromatic N) is 1. The van der Waals surface area contributed by atoms with Gasteiger partial charge >= 0.3 is 5.97 Å². The Labute approximate surface area is 294 Å². The van der Waals surface area contributed by atoms with E-state index in [1.165, 1.54) is 7.11 Å². The number of carbonyl (C=O) groups is 1. The van der Waals surface area contributed by atoms with E-state index in [9.17, 15) is 4.79 Å². The first-order valence-corrected chi connectivity index (χ1v) is 17.2. The Bertz CT molecular complexity index is 1910. The largest absolute Gasteiger partial charge is 0.491 e. The van der Waals surface area contributed by atoms with Crippen LogP contribution in [-0.2, 0) is 27.9 Å². The second kappa shape index (κ2) is 15.2. The minimum atomic E-state index is -0.844. The molecule has 1 aliphatic rings. The second-order valence-corrected chi connectivity index (χ2v) is 12.5. The SMILES string of the molecule is COC(=O)[C@H](Cc1ccc(N=C(c2ccccc2)c2ccccc2)c2c1CCCO2)NC(c1ccccc1)(c1ccccc1)c1ccccc1. The van der Waals surface area contributed by atoms with E-state index in [0.717, 1.165) is 68.9 Å². The van der Waals surface area contributed by atoms with Crippen LogP contribution in [0.3, 0.4) is 0 Å². The van der Waals surface area contributed by atoms with Crippen LogP contribution in [-0.4, -0.2) is 31.4 Å². The number of rotatable bonds is 11. The first kappa shape index (κ1) is 32.8. The van der Waals surface area contributed by atoms with Crippen molar-refractivity contribution in [2.24, 2.45) is 4.99 Å². The van der Waals surface area contributed by atoms with Gasteiger partial charge in [0.05, 0.1) is 25.0 Å². The van der Waals surface area contributed by atoms with Crippen molar-refractivity contribution in [1.29, 1.82) is 0 Å². The molecule has 0 aliphatic carbocycles. The van der Waals surface area contributed by atoms with Gasteiger partial charge in [-0.15, -0.1) is 0 Å². The number of benzene rings is 6. The maximum absolute atomic E-state index is 13.8. The summed E-state index contributed by atoms with van der Waals surface area (Å²) in [5.41, 5.74) is 8.06. The van der Waals surface area contributed by atoms with E-state index in [2.05, 4.69) is 72.0 Å². The Kier molecular flexibility index (Phi) is 9.95. The summed E-state index contributed by atoms with van der Waals surface area (Å²) in [5.74, 6) is 0.447. The third-order valence-electron chi connectivity index (χ3n) is 9.40. The van der Waals surface area contributed by atoms with E-state index in [-0.39, 0.29) is 5.97 Å². The van der Waals surface area contributed by atoms with Crippen LogP contribution in [0.5, 0.6) is 5.75 Å². The number of esters is 1. The molecule has 0 saturated carbocycles. The zero-order chi connectivity index (χ0) is 34.2. The summed E-state index contributed by atoms with van der Waals surface area (Å²) in [4.78, 5) is 19.1. The van der Waals surface area contributed by atoms with Crippen LogP contribution in [0.1, 0.15) is 45.4 Å². The minimum absolute atomic E-state index is 0.333. The molecule has 1 aliphatic heterocycles. The van der Waals surface area contributed by atoms with Gasteiger partial charge in [0.15, 0.2) is 0 Å². The lowest BCUT2D eigenvalue weighted by atomic mass is 9.76. The topological polar surface area (TPSA) is 59.9 Å². The van der Waals surface area contributed by atoms with Crippen molar-refractivity contribution in [3.8, 4) is 5.75 Å². The molecular weight excluding hydrogens is 617 g/mol. The zero-order valence-electron chi connectivity index (χ0n) is 28.2. The van der Waals surface area contributed by atoms with Crippen LogP contribution in [0.4, 0.5) is 5.69 Å². The lowest BCUT2D eigenvalue weighted by Crippen LogP contribution is -2.53. The van der Waals surface area contributed by atoms with Gasteiger partial charge in [0, 0.05) is 11.1 Å². The average molecular weight is 657 g/mol. The molecule has 0 amide bonds. The number of hydrogen-bond donors (Lipinski definition) is 1. The molecule has 7 rings (SSSR count). The van der Waals surface area contributed by atoms with E-state index in [1.807, 2.05) is 97.1 Å². The number of nitrogens with one attached hydrogen (secondary N) is 1. The van der Waals surface area contributed by atoms with Gasteiger partial charge in [-0.05, 0) is 53.1 Å². The van der Waals surface area contributed by atoms with Crippen molar-refractivity contribution in [3.63, 3.8) is 0 Å². The van der Waals surface area contributed by atoms with Crippen LogP contribution >= 0.6 is 0 Å². The van der Waals surface area contributed by atoms with Gasteiger partial charge in [0.25, 0.3) is 0 Å². The van der Waals surface area contributed by atoms with E-state index in [4.69, 9.17) is 14.5 Å². The zero-order valence-corrected chi connectivity index (χ0v) is 28.2. The van der Waals surface area contributed by atoms with Gasteiger partial charge in [0.1, 0.15) is 17.5 Å².